The summed E-state index contributed by atoms with van der Waals surface area (Å²) in [6.45, 7) is -0.776. The van der Waals surface area contributed by atoms with E-state index in [1.807, 2.05) is 0 Å². The van der Waals surface area contributed by atoms with Crippen molar-refractivity contribution in [1.82, 2.24) is 19.0 Å². The molecule has 0 spiro atoms. The quantitative estimate of drug-likeness (QED) is 0.475. The Morgan fingerprint density at radius 3 is 1.86 bits per heavy atom. The molecular weight excluding hydrogens is 514 g/mol. The molecule has 0 N–H and O–H groups in total. The lowest BCUT2D eigenvalue weighted by molar-refractivity contribution is -0.143. The summed E-state index contributed by atoms with van der Waals surface area (Å²) in [6, 6.07) is 8.46. The van der Waals surface area contributed by atoms with Gasteiger partial charge in [-0.25, -0.2) is 13.1 Å². The Labute approximate surface area is 201 Å². The second kappa shape index (κ2) is 9.24. The van der Waals surface area contributed by atoms with Crippen LogP contribution in [0.2, 0.25) is 0 Å². The number of alkyl halides is 6. The van der Waals surface area contributed by atoms with Crippen molar-refractivity contribution in [1.29, 1.82) is 0 Å². The van der Waals surface area contributed by atoms with Crippen molar-refractivity contribution in [3.63, 3.8) is 0 Å². The van der Waals surface area contributed by atoms with Gasteiger partial charge in [-0.2, -0.15) is 35.7 Å². The predicted octanol–water partition coefficient (Wildman–Crippen LogP) is 4.06. The molecule has 1 saturated heterocycles. The third kappa shape index (κ3) is 5.23. The van der Waals surface area contributed by atoms with Crippen LogP contribution in [0.25, 0.3) is 5.69 Å². The number of hydrogen-bond donors (Lipinski definition) is 0. The highest BCUT2D eigenvalue weighted by Crippen LogP contribution is 2.38. The monoisotopic (exact) mass is 532 g/mol. The summed E-state index contributed by atoms with van der Waals surface area (Å²) in [5.41, 5.74) is -2.40. The molecule has 2 aromatic carbocycles. The molecule has 1 aromatic heterocycles. The van der Waals surface area contributed by atoms with Crippen LogP contribution in [0.4, 0.5) is 26.3 Å². The molecular formula is C22H18F6N4O3S. The molecule has 1 aliphatic heterocycles. The maximum absolute atomic E-state index is 13.1. The molecule has 2 heterocycles. The highest BCUT2D eigenvalue weighted by atomic mass is 32.2. The molecule has 3 aromatic rings. The zero-order chi connectivity index (χ0) is 26.3. The number of sulfonamides is 1. The molecule has 7 nitrogen and oxygen atoms in total. The van der Waals surface area contributed by atoms with E-state index >= 15 is 0 Å². The number of hydrogen-bond acceptors (Lipinski definition) is 4. The Bertz CT molecular complexity index is 1310. The van der Waals surface area contributed by atoms with Gasteiger partial charge >= 0.3 is 12.4 Å². The smallest absolute Gasteiger partial charge is 0.336 e. The van der Waals surface area contributed by atoms with E-state index in [1.54, 1.807) is 47.4 Å². The molecule has 0 atom stereocenters. The van der Waals surface area contributed by atoms with Gasteiger partial charge in [0.15, 0.2) is 0 Å². The Morgan fingerprint density at radius 1 is 0.833 bits per heavy atom. The van der Waals surface area contributed by atoms with Crippen LogP contribution >= 0.6 is 0 Å². The summed E-state index contributed by atoms with van der Waals surface area (Å²) < 4.78 is 107. The van der Waals surface area contributed by atoms with Crippen LogP contribution < -0.4 is 0 Å². The summed E-state index contributed by atoms with van der Waals surface area (Å²) in [7, 11) is -4.69. The Kier molecular flexibility index (Phi) is 6.60. The number of rotatable bonds is 4. The first-order valence-electron chi connectivity index (χ1n) is 10.5. The van der Waals surface area contributed by atoms with E-state index in [-0.39, 0.29) is 44.4 Å². The molecule has 0 radical (unpaired) electrons. The minimum atomic E-state index is -5.18. The van der Waals surface area contributed by atoms with Gasteiger partial charge in [-0.05, 0) is 48.5 Å². The normalized spacial score (nSPS) is 15.8. The fraction of sp³-hybridized carbons (Fsp3) is 0.273. The molecule has 14 heteroatoms. The van der Waals surface area contributed by atoms with E-state index in [0.29, 0.717) is 11.3 Å². The van der Waals surface area contributed by atoms with Crippen molar-refractivity contribution < 1.29 is 39.6 Å². The predicted molar refractivity (Wildman–Crippen MR) is 115 cm³/mol. The average Bonchev–Trinajstić information content (AvgIpc) is 3.37. The van der Waals surface area contributed by atoms with Crippen LogP contribution in [0.1, 0.15) is 21.5 Å². The van der Waals surface area contributed by atoms with Crippen molar-refractivity contribution in [2.24, 2.45) is 0 Å². The zero-order valence-electron chi connectivity index (χ0n) is 18.3. The van der Waals surface area contributed by atoms with E-state index in [1.165, 1.54) is 4.90 Å². The molecule has 0 unspecified atom stereocenters. The summed E-state index contributed by atoms with van der Waals surface area (Å²) in [6.07, 6.45) is -7.04. The summed E-state index contributed by atoms with van der Waals surface area (Å²) in [4.78, 5) is 13.1. The first-order chi connectivity index (χ1) is 16.8. The topological polar surface area (TPSA) is 75.5 Å². The number of amides is 1. The van der Waals surface area contributed by atoms with Crippen LogP contribution in [-0.4, -0.2) is 59.5 Å². The number of carbonyl (C=O) groups excluding carboxylic acids is 1. The first kappa shape index (κ1) is 25.7. The fourth-order valence-electron chi connectivity index (χ4n) is 3.72. The van der Waals surface area contributed by atoms with E-state index in [2.05, 4.69) is 5.10 Å². The van der Waals surface area contributed by atoms with Crippen LogP contribution in [0.5, 0.6) is 0 Å². The molecule has 4 rings (SSSR count). The number of halogens is 6. The first-order valence-corrected chi connectivity index (χ1v) is 11.9. The highest BCUT2D eigenvalue weighted by Gasteiger charge is 2.39. The van der Waals surface area contributed by atoms with Gasteiger partial charge in [0.25, 0.3) is 5.91 Å². The molecule has 0 aliphatic carbocycles. The standard InChI is InChI=1S/C22H18F6N4O3S/c23-21(24,25)16-12-17(22(26,27)28)14-19(13-16)36(34,35)31-10-8-30(9-11-31)20(33)15-2-4-18(5-3-15)32-7-1-6-29-32/h1-7,12-14H,8-11H2. The molecule has 192 valence electrons. The van der Waals surface area contributed by atoms with Crippen LogP contribution in [0.15, 0.2) is 65.8 Å². The Morgan fingerprint density at radius 2 is 1.39 bits per heavy atom. The van der Waals surface area contributed by atoms with E-state index in [9.17, 15) is 39.6 Å². The molecule has 1 aliphatic rings. The van der Waals surface area contributed by atoms with Crippen molar-refractivity contribution in [2.75, 3.05) is 26.2 Å². The fourth-order valence-corrected chi connectivity index (χ4v) is 5.21. The Balaban J connectivity index is 1.50. The lowest BCUT2D eigenvalue weighted by Gasteiger charge is -2.34. The Hall–Kier alpha value is -3.39. The van der Waals surface area contributed by atoms with Gasteiger partial charge in [-0.15, -0.1) is 0 Å². The molecule has 0 bridgehead atoms. The lowest BCUT2D eigenvalue weighted by Crippen LogP contribution is -2.50. The second-order valence-electron chi connectivity index (χ2n) is 7.94. The van der Waals surface area contributed by atoms with E-state index < -0.39 is 44.3 Å². The van der Waals surface area contributed by atoms with Crippen LogP contribution in [0, 0.1) is 0 Å². The van der Waals surface area contributed by atoms with Gasteiger partial charge in [0.05, 0.1) is 21.7 Å². The molecule has 0 saturated carbocycles. The molecule has 36 heavy (non-hydrogen) atoms. The van der Waals surface area contributed by atoms with Gasteiger partial charge in [0, 0.05) is 44.1 Å². The van der Waals surface area contributed by atoms with Crippen LogP contribution in [-0.2, 0) is 22.4 Å². The average molecular weight is 532 g/mol. The highest BCUT2D eigenvalue weighted by molar-refractivity contribution is 7.89. The summed E-state index contributed by atoms with van der Waals surface area (Å²) in [5, 5.41) is 4.08. The molecule has 1 amide bonds. The van der Waals surface area contributed by atoms with Crippen LogP contribution in [0.3, 0.4) is 0 Å². The van der Waals surface area contributed by atoms with Gasteiger partial charge in [0.1, 0.15) is 0 Å². The lowest BCUT2D eigenvalue weighted by atomic mass is 10.1. The SMILES string of the molecule is O=C(c1ccc(-n2cccn2)cc1)N1CCN(S(=O)(=O)c2cc(C(F)(F)F)cc(C(F)(F)F)c2)CC1. The van der Waals surface area contributed by atoms with Crippen molar-refractivity contribution in [3.05, 3.63) is 77.6 Å². The number of nitrogens with zero attached hydrogens (tertiary/aromatic N) is 4. The van der Waals surface area contributed by atoms with Gasteiger partial charge < -0.3 is 4.90 Å². The van der Waals surface area contributed by atoms with Gasteiger partial charge in [-0.1, -0.05) is 0 Å². The maximum atomic E-state index is 13.1. The summed E-state index contributed by atoms with van der Waals surface area (Å²) >= 11 is 0. The largest absolute Gasteiger partial charge is 0.416 e. The molecule has 1 fully saturated rings. The summed E-state index contributed by atoms with van der Waals surface area (Å²) in [5.74, 6) is -0.391. The number of piperazine rings is 1. The van der Waals surface area contributed by atoms with E-state index in [4.69, 9.17) is 0 Å². The number of carbonyl (C=O) groups is 1. The van der Waals surface area contributed by atoms with Gasteiger partial charge in [-0.3, -0.25) is 4.79 Å². The van der Waals surface area contributed by atoms with Crippen molar-refractivity contribution >= 4 is 15.9 Å². The van der Waals surface area contributed by atoms with Crippen molar-refractivity contribution in [2.45, 2.75) is 17.2 Å². The zero-order valence-corrected chi connectivity index (χ0v) is 19.1. The number of benzene rings is 2. The van der Waals surface area contributed by atoms with E-state index in [0.717, 1.165) is 4.31 Å². The van der Waals surface area contributed by atoms with Crippen molar-refractivity contribution in [3.8, 4) is 5.69 Å². The maximum Gasteiger partial charge on any atom is 0.416 e. The number of aromatic nitrogens is 2. The van der Waals surface area contributed by atoms with Gasteiger partial charge in [0.2, 0.25) is 10.0 Å². The minimum Gasteiger partial charge on any atom is -0.336 e. The third-order valence-corrected chi connectivity index (χ3v) is 7.48. The third-order valence-electron chi connectivity index (χ3n) is 5.61. The second-order valence-corrected chi connectivity index (χ2v) is 9.87. The minimum absolute atomic E-state index is 0.0932.